The monoisotopic (exact) mass is 515 g/mol. The van der Waals surface area contributed by atoms with Crippen molar-refractivity contribution < 1.29 is 23.0 Å². The molecule has 10 nitrogen and oxygen atoms in total. The van der Waals surface area contributed by atoms with Crippen LogP contribution in [0.15, 0.2) is 24.4 Å². The van der Waals surface area contributed by atoms with Crippen molar-refractivity contribution in [2.24, 2.45) is 0 Å². The molecule has 0 spiro atoms. The summed E-state index contributed by atoms with van der Waals surface area (Å²) in [6, 6.07) is 3.29. The maximum atomic E-state index is 14.6. The number of hydrogen-bond donors (Lipinski definition) is 4. The normalized spacial score (nSPS) is 20.9. The predicted octanol–water partition coefficient (Wildman–Crippen LogP) is -4.62. The van der Waals surface area contributed by atoms with Gasteiger partial charge >= 0.3 is 6.03 Å². The Morgan fingerprint density at radius 1 is 1.11 bits per heavy atom. The van der Waals surface area contributed by atoms with E-state index < -0.39 is 34.9 Å². The van der Waals surface area contributed by atoms with E-state index >= 15 is 0 Å². The molecule has 19 heteroatoms. The van der Waals surface area contributed by atoms with Gasteiger partial charge in [0.15, 0.2) is 17.1 Å². The highest BCUT2D eigenvalue weighted by Crippen LogP contribution is 2.45. The van der Waals surface area contributed by atoms with E-state index in [1.54, 1.807) is 10.6 Å². The van der Waals surface area contributed by atoms with Crippen molar-refractivity contribution in [3.05, 3.63) is 30.2 Å². The highest BCUT2D eigenvalue weighted by molar-refractivity contribution is 6.60. The summed E-state index contributed by atoms with van der Waals surface area (Å²) in [7, 11) is 13.5. The van der Waals surface area contributed by atoms with E-state index in [0.717, 1.165) is 0 Å². The number of alkyl halides is 1. The minimum atomic E-state index is -1.03. The molecule has 1 aliphatic carbocycles. The zero-order valence-electron chi connectivity index (χ0n) is 22.5. The van der Waals surface area contributed by atoms with Crippen LogP contribution in [0.25, 0.3) is 5.65 Å². The van der Waals surface area contributed by atoms with Crippen molar-refractivity contribution in [2.45, 2.75) is 34.7 Å². The fourth-order valence-electron chi connectivity index (χ4n) is 3.98. The molecule has 1 aromatic carbocycles. The van der Waals surface area contributed by atoms with Crippen LogP contribution in [0, 0.1) is 5.82 Å². The van der Waals surface area contributed by atoms with Gasteiger partial charge in [-0.05, 0) is 5.24 Å². The number of urea groups is 1. The second-order valence-electron chi connectivity index (χ2n) is 11.8. The third-order valence-corrected chi connectivity index (χ3v) is 6.71. The zero-order valence-corrected chi connectivity index (χ0v) is 22.5. The summed E-state index contributed by atoms with van der Waals surface area (Å²) in [5.41, 5.74) is 0.980. The van der Waals surface area contributed by atoms with Crippen molar-refractivity contribution in [3.8, 4) is 11.5 Å². The first-order valence-electron chi connectivity index (χ1n) is 12.5. The van der Waals surface area contributed by atoms with Gasteiger partial charge in [-0.2, -0.15) is 9.61 Å². The number of carbonyl (C=O) groups excluding carboxylic acids is 1. The fourth-order valence-corrected chi connectivity index (χ4v) is 3.98. The first-order valence-corrected chi connectivity index (χ1v) is 12.5. The third-order valence-electron chi connectivity index (χ3n) is 6.71. The molecule has 2 aromatic heterocycles. The molecule has 2 amide bonds. The number of nitrogens with one attached hydrogen (secondary N) is 4. The number of fused-ring (bicyclic) bond motifs is 2. The van der Waals surface area contributed by atoms with Crippen LogP contribution in [-0.2, 0) is 0 Å². The average molecular weight is 514 g/mol. The van der Waals surface area contributed by atoms with Crippen LogP contribution in [0.4, 0.5) is 36.6 Å². The van der Waals surface area contributed by atoms with Gasteiger partial charge in [-0.15, -0.1) is 0 Å². The number of nitrogens with zero attached hydrogens (tertiary/aromatic N) is 3. The lowest BCUT2D eigenvalue weighted by atomic mass is 9.41. The highest BCUT2D eigenvalue weighted by Gasteiger charge is 2.45. The molecule has 190 valence electrons. The lowest BCUT2D eigenvalue weighted by Crippen LogP contribution is -2.65. The topological polar surface area (TPSA) is 114 Å². The van der Waals surface area contributed by atoms with E-state index in [1.807, 2.05) is 54.9 Å². The minimum absolute atomic E-state index is 0.278. The first-order chi connectivity index (χ1) is 17.6. The van der Waals surface area contributed by atoms with Crippen LogP contribution in [0.2, 0.25) is 0 Å². The van der Waals surface area contributed by atoms with Gasteiger partial charge in [-0.25, -0.2) is 18.6 Å². The van der Waals surface area contributed by atoms with Gasteiger partial charge < -0.3 is 30.7 Å². The third kappa shape index (κ3) is 5.15. The summed E-state index contributed by atoms with van der Waals surface area (Å²) in [6.07, 6.45) is 0.733. The van der Waals surface area contributed by atoms with Gasteiger partial charge in [-0.1, -0.05) is 0 Å². The maximum Gasteiger partial charge on any atom is 0.319 e. The van der Waals surface area contributed by atoms with Crippen LogP contribution in [0.3, 0.4) is 0 Å². The van der Waals surface area contributed by atoms with Gasteiger partial charge in [0.1, 0.15) is 84.2 Å². The Morgan fingerprint density at radius 2 is 1.79 bits per heavy atom. The van der Waals surface area contributed by atoms with Gasteiger partial charge in [0.25, 0.3) is 0 Å². The van der Waals surface area contributed by atoms with E-state index in [9.17, 15) is 13.6 Å². The SMILES string of the molecule is BC(B)(B)Nc1cc(Nc2cc(F)cc3c2OC(B)(B)C(B)(B)O3)nc2c(NC(=O)N[C@@H]3C[C@@H]3F)cnn12. The molecule has 3 heterocycles. The molecule has 0 bridgehead atoms. The predicted molar refractivity (Wildman–Crippen MR) is 161 cm³/mol. The number of hydrogen-bond acceptors (Lipinski definition) is 7. The number of carbonyl (C=O) groups is 1. The summed E-state index contributed by atoms with van der Waals surface area (Å²) < 4.78 is 41.8. The van der Waals surface area contributed by atoms with Gasteiger partial charge in [-0.3, -0.25) is 0 Å². The van der Waals surface area contributed by atoms with Crippen molar-refractivity contribution in [3.63, 3.8) is 0 Å². The molecule has 0 saturated heterocycles. The number of ether oxygens (including phenoxy) is 2. The van der Waals surface area contributed by atoms with Crippen molar-refractivity contribution in [1.82, 2.24) is 19.9 Å². The number of rotatable bonds is 6. The minimum Gasteiger partial charge on any atom is -0.499 e. The van der Waals surface area contributed by atoms with Crippen molar-refractivity contribution >= 4 is 89.6 Å². The van der Waals surface area contributed by atoms with E-state index in [2.05, 4.69) is 31.3 Å². The van der Waals surface area contributed by atoms with E-state index in [4.69, 9.17) is 9.47 Å². The lowest BCUT2D eigenvalue weighted by molar-refractivity contribution is 0.0621. The molecule has 1 fully saturated rings. The molecule has 2 aliphatic rings. The molecular weight excluding hydrogens is 488 g/mol. The Morgan fingerprint density at radius 3 is 2.45 bits per heavy atom. The standard InChI is InChI=1S/C19H26B7F2N7O3/c20-17(21)18(22,23)38-14-9(1-6(27)2-11(14)37-17)30-12-4-13(34-19(24,25)26)35-15(33-12)10(5-29-35)32-16(36)31-8-3-7(8)28/h1-2,4-5,7-8,34H,3,20-26H2,(H,30,33)(H2,31,32,36)/t7-,8+/m0/s1. The summed E-state index contributed by atoms with van der Waals surface area (Å²) in [4.78, 5) is 17.0. The molecule has 0 unspecified atom stereocenters. The summed E-state index contributed by atoms with van der Waals surface area (Å²) >= 11 is 0. The molecule has 5 rings (SSSR count). The Hall–Kier alpha value is -3.38. The van der Waals surface area contributed by atoms with Crippen LogP contribution < -0.4 is 30.7 Å². The van der Waals surface area contributed by atoms with Crippen LogP contribution in [-0.4, -0.2) is 104 Å². The number of benzene rings is 1. The molecule has 3 aromatic rings. The van der Waals surface area contributed by atoms with Crippen molar-refractivity contribution in [1.29, 1.82) is 0 Å². The van der Waals surface area contributed by atoms with Crippen LogP contribution >= 0.6 is 0 Å². The van der Waals surface area contributed by atoms with Crippen LogP contribution in [0.1, 0.15) is 6.42 Å². The smallest absolute Gasteiger partial charge is 0.319 e. The summed E-state index contributed by atoms with van der Waals surface area (Å²) in [5, 5.41) is 14.4. The highest BCUT2D eigenvalue weighted by atomic mass is 19.1. The number of halogens is 2. The zero-order chi connectivity index (χ0) is 27.6. The second kappa shape index (κ2) is 8.84. The quantitative estimate of drug-likeness (QED) is 0.245. The van der Waals surface area contributed by atoms with Crippen LogP contribution in [0.5, 0.6) is 11.5 Å². The lowest BCUT2D eigenvalue weighted by Gasteiger charge is -2.47. The van der Waals surface area contributed by atoms with E-state index in [0.29, 0.717) is 40.8 Å². The Kier molecular flexibility index (Phi) is 6.10. The first kappa shape index (κ1) is 26.2. The van der Waals surface area contributed by atoms with Crippen molar-refractivity contribution in [2.75, 3.05) is 16.0 Å². The molecule has 2 atom stereocenters. The van der Waals surface area contributed by atoms with Gasteiger partial charge in [0.05, 0.1) is 28.7 Å². The summed E-state index contributed by atoms with van der Waals surface area (Å²) in [6.45, 7) is 0. The Balaban J connectivity index is 1.53. The molecule has 1 saturated carbocycles. The molecule has 1 aliphatic heterocycles. The van der Waals surface area contributed by atoms with Gasteiger partial charge in [0, 0.05) is 24.6 Å². The number of anilines is 4. The Bertz CT molecular complexity index is 1440. The van der Waals surface area contributed by atoms with E-state index in [-0.39, 0.29) is 11.0 Å². The Labute approximate surface area is 225 Å². The average Bonchev–Trinajstić information content (AvgIpc) is 3.29. The van der Waals surface area contributed by atoms with Gasteiger partial charge in [0.2, 0.25) is 0 Å². The summed E-state index contributed by atoms with van der Waals surface area (Å²) in [5.74, 6) is 1.06. The maximum absolute atomic E-state index is 14.6. The number of amides is 2. The van der Waals surface area contributed by atoms with E-state index in [1.165, 1.54) is 18.3 Å². The fraction of sp³-hybridized carbons (Fsp3) is 0.316. The molecular formula is C19H26B7F2N7O3. The number of aromatic nitrogens is 3. The largest absolute Gasteiger partial charge is 0.499 e. The molecule has 38 heavy (non-hydrogen) atoms. The second-order valence-corrected chi connectivity index (χ2v) is 11.8. The molecule has 0 radical (unpaired) electrons. The molecule has 4 N–H and O–H groups in total.